The number of nitrogens with one attached hydrogen (secondary N) is 1. The molecule has 1 fully saturated rings. The summed E-state index contributed by atoms with van der Waals surface area (Å²) in [6, 6.07) is 5.18. The van der Waals surface area contributed by atoms with Crippen LogP contribution in [-0.4, -0.2) is 25.7 Å². The van der Waals surface area contributed by atoms with Crippen LogP contribution in [0.25, 0.3) is 0 Å². The molecule has 1 aliphatic rings. The first-order chi connectivity index (χ1) is 9.15. The van der Waals surface area contributed by atoms with Gasteiger partial charge in [-0.3, -0.25) is 4.79 Å². The fourth-order valence-corrected chi connectivity index (χ4v) is 2.39. The van der Waals surface area contributed by atoms with Gasteiger partial charge in [-0.1, -0.05) is 6.92 Å². The predicted molar refractivity (Wildman–Crippen MR) is 74.2 cm³/mol. The van der Waals surface area contributed by atoms with Gasteiger partial charge in [-0.25, -0.2) is 0 Å². The zero-order valence-electron chi connectivity index (χ0n) is 11.3. The highest BCUT2D eigenvalue weighted by Gasteiger charge is 2.33. The van der Waals surface area contributed by atoms with Gasteiger partial charge < -0.3 is 20.5 Å². The van der Waals surface area contributed by atoms with E-state index in [9.17, 15) is 4.79 Å². The summed E-state index contributed by atoms with van der Waals surface area (Å²) in [6.45, 7) is 2.68. The molecule has 2 rings (SSSR count). The minimum Gasteiger partial charge on any atom is -0.494 e. The van der Waals surface area contributed by atoms with E-state index in [4.69, 9.17) is 15.2 Å². The third-order valence-corrected chi connectivity index (χ3v) is 3.43. The first-order valence-corrected chi connectivity index (χ1v) is 6.51. The Morgan fingerprint density at radius 3 is 3.05 bits per heavy atom. The van der Waals surface area contributed by atoms with E-state index in [1.54, 1.807) is 25.3 Å². The maximum absolute atomic E-state index is 12.3. The second kappa shape index (κ2) is 5.93. The number of methoxy groups -OCH3 is 1. The Labute approximate surface area is 113 Å². The average Bonchev–Trinajstić information content (AvgIpc) is 2.89. The summed E-state index contributed by atoms with van der Waals surface area (Å²) in [6.07, 6.45) is 1.62. The molecule has 0 aromatic heterocycles. The molecule has 0 radical (unpaired) electrons. The molecular weight excluding hydrogens is 244 g/mol. The molecule has 1 amide bonds. The zero-order valence-corrected chi connectivity index (χ0v) is 11.3. The van der Waals surface area contributed by atoms with Crippen LogP contribution >= 0.6 is 0 Å². The molecule has 104 valence electrons. The SMILES string of the molecule is CCC1OCCC1C(=O)Nc1ccc(N)cc1OC. The molecule has 0 saturated carbocycles. The number of rotatable bonds is 4. The molecule has 1 aromatic rings. The van der Waals surface area contributed by atoms with E-state index < -0.39 is 0 Å². The Morgan fingerprint density at radius 2 is 2.37 bits per heavy atom. The summed E-state index contributed by atoms with van der Waals surface area (Å²) < 4.78 is 10.8. The molecular formula is C14H20N2O3. The zero-order chi connectivity index (χ0) is 13.8. The Balaban J connectivity index is 2.10. The summed E-state index contributed by atoms with van der Waals surface area (Å²) in [5, 5.41) is 2.90. The fourth-order valence-electron chi connectivity index (χ4n) is 2.39. The number of nitrogen functional groups attached to an aromatic ring is 1. The van der Waals surface area contributed by atoms with Crippen molar-refractivity contribution < 1.29 is 14.3 Å². The number of carbonyl (C=O) groups excluding carboxylic acids is 1. The number of carbonyl (C=O) groups is 1. The van der Waals surface area contributed by atoms with Gasteiger partial charge in [0.05, 0.1) is 24.8 Å². The Bertz CT molecular complexity index is 462. The van der Waals surface area contributed by atoms with Gasteiger partial charge in [0.2, 0.25) is 5.91 Å². The quantitative estimate of drug-likeness (QED) is 0.816. The van der Waals surface area contributed by atoms with Crippen LogP contribution in [-0.2, 0) is 9.53 Å². The second-order valence-corrected chi connectivity index (χ2v) is 4.66. The van der Waals surface area contributed by atoms with Crippen LogP contribution in [0.3, 0.4) is 0 Å². The minimum atomic E-state index is -0.0905. The topological polar surface area (TPSA) is 73.6 Å². The van der Waals surface area contributed by atoms with Crippen molar-refractivity contribution in [2.45, 2.75) is 25.9 Å². The van der Waals surface area contributed by atoms with Crippen LogP contribution in [0.2, 0.25) is 0 Å². The molecule has 0 spiro atoms. The normalized spacial score (nSPS) is 22.2. The number of nitrogens with two attached hydrogens (primary N) is 1. The summed E-state index contributed by atoms with van der Waals surface area (Å²) in [7, 11) is 1.55. The molecule has 1 saturated heterocycles. The first kappa shape index (κ1) is 13.7. The smallest absolute Gasteiger partial charge is 0.230 e. The van der Waals surface area contributed by atoms with E-state index in [1.165, 1.54) is 0 Å². The molecule has 1 aromatic carbocycles. The number of anilines is 2. The van der Waals surface area contributed by atoms with Gasteiger partial charge in [0.25, 0.3) is 0 Å². The molecule has 0 aliphatic carbocycles. The van der Waals surface area contributed by atoms with E-state index in [2.05, 4.69) is 5.32 Å². The number of ether oxygens (including phenoxy) is 2. The summed E-state index contributed by atoms with van der Waals surface area (Å²) >= 11 is 0. The van der Waals surface area contributed by atoms with Crippen molar-refractivity contribution in [3.8, 4) is 5.75 Å². The molecule has 1 heterocycles. The highest BCUT2D eigenvalue weighted by molar-refractivity contribution is 5.94. The second-order valence-electron chi connectivity index (χ2n) is 4.66. The molecule has 19 heavy (non-hydrogen) atoms. The van der Waals surface area contributed by atoms with Gasteiger partial charge in [-0.2, -0.15) is 0 Å². The third-order valence-electron chi connectivity index (χ3n) is 3.43. The highest BCUT2D eigenvalue weighted by Crippen LogP contribution is 2.29. The van der Waals surface area contributed by atoms with Crippen LogP contribution in [0.15, 0.2) is 18.2 Å². The number of hydrogen-bond acceptors (Lipinski definition) is 4. The van der Waals surface area contributed by atoms with Crippen LogP contribution in [0.5, 0.6) is 5.75 Å². The maximum Gasteiger partial charge on any atom is 0.230 e. The molecule has 1 aliphatic heterocycles. The molecule has 2 unspecified atom stereocenters. The molecule has 5 heteroatoms. The van der Waals surface area contributed by atoms with Crippen LogP contribution in [0, 0.1) is 5.92 Å². The molecule has 5 nitrogen and oxygen atoms in total. The standard InChI is InChI=1S/C14H20N2O3/c1-3-12-10(6-7-19-12)14(17)16-11-5-4-9(15)8-13(11)18-2/h4-5,8,10,12H,3,6-7,15H2,1-2H3,(H,16,17). The number of amides is 1. The van der Waals surface area contributed by atoms with Crippen LogP contribution < -0.4 is 15.8 Å². The lowest BCUT2D eigenvalue weighted by Gasteiger charge is -2.17. The fraction of sp³-hybridized carbons (Fsp3) is 0.500. The van der Waals surface area contributed by atoms with Crippen molar-refractivity contribution in [2.75, 3.05) is 24.8 Å². The van der Waals surface area contributed by atoms with Crippen molar-refractivity contribution in [1.29, 1.82) is 0 Å². The predicted octanol–water partition coefficient (Wildman–Crippen LogP) is 2.03. The van der Waals surface area contributed by atoms with E-state index in [-0.39, 0.29) is 17.9 Å². The monoisotopic (exact) mass is 264 g/mol. The van der Waals surface area contributed by atoms with Gasteiger partial charge in [0.1, 0.15) is 5.75 Å². The number of benzene rings is 1. The van der Waals surface area contributed by atoms with Crippen molar-refractivity contribution in [3.05, 3.63) is 18.2 Å². The van der Waals surface area contributed by atoms with E-state index in [0.717, 1.165) is 12.8 Å². The van der Waals surface area contributed by atoms with Crippen LogP contribution in [0.4, 0.5) is 11.4 Å². The van der Waals surface area contributed by atoms with E-state index in [0.29, 0.717) is 23.7 Å². The van der Waals surface area contributed by atoms with Crippen molar-refractivity contribution in [2.24, 2.45) is 5.92 Å². The molecule has 2 atom stereocenters. The van der Waals surface area contributed by atoms with Gasteiger partial charge in [-0.05, 0) is 25.0 Å². The molecule has 3 N–H and O–H groups in total. The van der Waals surface area contributed by atoms with Crippen molar-refractivity contribution >= 4 is 17.3 Å². The lowest BCUT2D eigenvalue weighted by atomic mass is 9.98. The summed E-state index contributed by atoms with van der Waals surface area (Å²) in [5.41, 5.74) is 6.93. The maximum atomic E-state index is 12.3. The summed E-state index contributed by atoms with van der Waals surface area (Å²) in [5.74, 6) is 0.458. The van der Waals surface area contributed by atoms with E-state index >= 15 is 0 Å². The van der Waals surface area contributed by atoms with Crippen LogP contribution in [0.1, 0.15) is 19.8 Å². The average molecular weight is 264 g/mol. The Kier molecular flexibility index (Phi) is 4.27. The van der Waals surface area contributed by atoms with Crippen molar-refractivity contribution in [3.63, 3.8) is 0 Å². The highest BCUT2D eigenvalue weighted by atomic mass is 16.5. The lowest BCUT2D eigenvalue weighted by Crippen LogP contribution is -2.29. The number of hydrogen-bond donors (Lipinski definition) is 2. The lowest BCUT2D eigenvalue weighted by molar-refractivity contribution is -0.121. The molecule has 0 bridgehead atoms. The van der Waals surface area contributed by atoms with Gasteiger partial charge in [0.15, 0.2) is 0 Å². The summed E-state index contributed by atoms with van der Waals surface area (Å²) in [4.78, 5) is 12.3. The van der Waals surface area contributed by atoms with Gasteiger partial charge >= 0.3 is 0 Å². The third kappa shape index (κ3) is 2.98. The van der Waals surface area contributed by atoms with Crippen molar-refractivity contribution in [1.82, 2.24) is 0 Å². The van der Waals surface area contributed by atoms with E-state index in [1.807, 2.05) is 6.92 Å². The first-order valence-electron chi connectivity index (χ1n) is 6.51. The largest absolute Gasteiger partial charge is 0.494 e. The van der Waals surface area contributed by atoms with Gasteiger partial charge in [0, 0.05) is 18.4 Å². The Hall–Kier alpha value is -1.75. The minimum absolute atomic E-state index is 0.0137. The Morgan fingerprint density at radius 1 is 1.58 bits per heavy atom. The van der Waals surface area contributed by atoms with Gasteiger partial charge in [-0.15, -0.1) is 0 Å².